The largest absolute Gasteiger partial charge is 0.493 e. The van der Waals surface area contributed by atoms with Crippen LogP contribution in [-0.2, 0) is 6.54 Å². The van der Waals surface area contributed by atoms with Gasteiger partial charge in [0.05, 0.1) is 7.11 Å². The summed E-state index contributed by atoms with van der Waals surface area (Å²) >= 11 is 0. The van der Waals surface area contributed by atoms with Crippen molar-refractivity contribution in [1.29, 1.82) is 0 Å². The van der Waals surface area contributed by atoms with Gasteiger partial charge in [0, 0.05) is 38.9 Å². The van der Waals surface area contributed by atoms with Crippen LogP contribution in [0.5, 0.6) is 11.5 Å². The van der Waals surface area contributed by atoms with Gasteiger partial charge in [-0.2, -0.15) is 0 Å². The van der Waals surface area contributed by atoms with E-state index in [-0.39, 0.29) is 5.91 Å². The van der Waals surface area contributed by atoms with Gasteiger partial charge in [-0.15, -0.1) is 0 Å². The Morgan fingerprint density at radius 2 is 1.77 bits per heavy atom. The number of carbonyl (C=O) groups is 1. The Kier molecular flexibility index (Phi) is 6.67. The van der Waals surface area contributed by atoms with Crippen LogP contribution in [0.2, 0.25) is 0 Å². The van der Waals surface area contributed by atoms with Crippen molar-refractivity contribution < 1.29 is 14.3 Å². The van der Waals surface area contributed by atoms with E-state index in [0.29, 0.717) is 30.2 Å². The van der Waals surface area contributed by atoms with Crippen LogP contribution in [0.1, 0.15) is 15.9 Å². The molecule has 0 aliphatic rings. The molecule has 0 aromatic heterocycles. The molecule has 0 saturated carbocycles. The molecule has 0 spiro atoms. The van der Waals surface area contributed by atoms with Crippen LogP contribution < -0.4 is 14.4 Å². The van der Waals surface area contributed by atoms with Gasteiger partial charge in [-0.05, 0) is 35.9 Å². The Morgan fingerprint density at radius 1 is 1.08 bits per heavy atom. The van der Waals surface area contributed by atoms with Gasteiger partial charge in [0.15, 0.2) is 11.5 Å². The highest BCUT2D eigenvalue weighted by Gasteiger charge is 2.15. The smallest absolute Gasteiger partial charge is 0.254 e. The van der Waals surface area contributed by atoms with Crippen molar-refractivity contribution in [2.24, 2.45) is 0 Å². The fourth-order valence-electron chi connectivity index (χ4n) is 2.53. The molecule has 0 N–H and O–H groups in total. The van der Waals surface area contributed by atoms with E-state index in [1.807, 2.05) is 43.3 Å². The number of nitrogens with zero attached hydrogens (tertiary/aromatic N) is 2. The number of amides is 1. The average molecular weight is 354 g/mol. The first-order valence-corrected chi connectivity index (χ1v) is 8.39. The minimum atomic E-state index is -0.0738. The first-order valence-electron chi connectivity index (χ1n) is 8.39. The number of methoxy groups -OCH3 is 1. The van der Waals surface area contributed by atoms with Crippen LogP contribution in [0, 0.1) is 0 Å². The lowest BCUT2D eigenvalue weighted by atomic mass is 10.1. The zero-order valence-corrected chi connectivity index (χ0v) is 15.9. The molecule has 0 aliphatic carbocycles. The maximum atomic E-state index is 12.7. The molecule has 5 heteroatoms. The van der Waals surface area contributed by atoms with Crippen molar-refractivity contribution >= 4 is 11.6 Å². The van der Waals surface area contributed by atoms with Crippen molar-refractivity contribution in [3.8, 4) is 11.5 Å². The Labute approximate surface area is 155 Å². The monoisotopic (exact) mass is 354 g/mol. The van der Waals surface area contributed by atoms with E-state index in [2.05, 4.69) is 6.58 Å². The van der Waals surface area contributed by atoms with Crippen molar-refractivity contribution in [1.82, 2.24) is 4.90 Å². The van der Waals surface area contributed by atoms with E-state index < -0.39 is 0 Å². The molecule has 0 heterocycles. The molecule has 0 atom stereocenters. The highest BCUT2D eigenvalue weighted by molar-refractivity contribution is 5.94. The average Bonchev–Trinajstić information content (AvgIpc) is 2.65. The Bertz CT molecular complexity index is 754. The summed E-state index contributed by atoms with van der Waals surface area (Å²) in [5.74, 6) is 1.04. The van der Waals surface area contributed by atoms with Crippen molar-refractivity contribution in [3.05, 3.63) is 66.2 Å². The Hall–Kier alpha value is -2.95. The number of hydrogen-bond acceptors (Lipinski definition) is 4. The number of ether oxygens (including phenoxy) is 2. The zero-order chi connectivity index (χ0) is 19.1. The van der Waals surface area contributed by atoms with Crippen molar-refractivity contribution in [3.63, 3.8) is 0 Å². The SMILES string of the molecule is C=CCOc1ccc(C(=O)N(C)Cc2ccc(N(C)C)cc2)cc1OC. The number of hydrogen-bond donors (Lipinski definition) is 0. The summed E-state index contributed by atoms with van der Waals surface area (Å²) in [7, 11) is 7.35. The quantitative estimate of drug-likeness (QED) is 0.679. The van der Waals surface area contributed by atoms with Gasteiger partial charge in [0.1, 0.15) is 6.61 Å². The third kappa shape index (κ3) is 4.79. The molecule has 26 heavy (non-hydrogen) atoms. The fraction of sp³-hybridized carbons (Fsp3) is 0.286. The van der Waals surface area contributed by atoms with Crippen LogP contribution in [-0.4, -0.2) is 45.7 Å². The van der Waals surface area contributed by atoms with E-state index in [9.17, 15) is 4.79 Å². The van der Waals surface area contributed by atoms with Crippen molar-refractivity contribution in [2.45, 2.75) is 6.54 Å². The lowest BCUT2D eigenvalue weighted by Gasteiger charge is -2.19. The molecular weight excluding hydrogens is 328 g/mol. The fourth-order valence-corrected chi connectivity index (χ4v) is 2.53. The van der Waals surface area contributed by atoms with Gasteiger partial charge in [-0.3, -0.25) is 4.79 Å². The number of rotatable bonds is 8. The third-order valence-corrected chi connectivity index (χ3v) is 3.99. The summed E-state index contributed by atoms with van der Waals surface area (Å²) < 4.78 is 10.9. The van der Waals surface area contributed by atoms with Crippen LogP contribution in [0.3, 0.4) is 0 Å². The predicted molar refractivity (Wildman–Crippen MR) is 105 cm³/mol. The van der Waals surface area contributed by atoms with Gasteiger partial charge in [0.25, 0.3) is 5.91 Å². The Balaban J connectivity index is 2.10. The van der Waals surface area contributed by atoms with Gasteiger partial charge in [0.2, 0.25) is 0 Å². The van der Waals surface area contributed by atoms with E-state index in [0.717, 1.165) is 11.3 Å². The lowest BCUT2D eigenvalue weighted by Crippen LogP contribution is -2.26. The molecule has 0 radical (unpaired) electrons. The first-order chi connectivity index (χ1) is 12.5. The van der Waals surface area contributed by atoms with Gasteiger partial charge >= 0.3 is 0 Å². The summed E-state index contributed by atoms with van der Waals surface area (Å²) in [6.45, 7) is 4.54. The minimum absolute atomic E-state index is 0.0738. The second-order valence-corrected chi connectivity index (χ2v) is 6.19. The molecule has 1 amide bonds. The predicted octanol–water partition coefficient (Wildman–Crippen LogP) is 3.60. The molecule has 2 aromatic rings. The van der Waals surface area contributed by atoms with Crippen LogP contribution in [0.4, 0.5) is 5.69 Å². The minimum Gasteiger partial charge on any atom is -0.493 e. The third-order valence-electron chi connectivity index (χ3n) is 3.99. The highest BCUT2D eigenvalue weighted by Crippen LogP contribution is 2.28. The molecular formula is C21H26N2O3. The summed E-state index contributed by atoms with van der Waals surface area (Å²) in [6.07, 6.45) is 1.66. The molecule has 0 fully saturated rings. The zero-order valence-electron chi connectivity index (χ0n) is 15.9. The molecule has 5 nitrogen and oxygen atoms in total. The van der Waals surface area contributed by atoms with Crippen LogP contribution in [0.15, 0.2) is 55.1 Å². The second-order valence-electron chi connectivity index (χ2n) is 6.19. The summed E-state index contributed by atoms with van der Waals surface area (Å²) in [5, 5.41) is 0. The van der Waals surface area contributed by atoms with E-state index in [1.54, 1.807) is 43.3 Å². The molecule has 0 unspecified atom stereocenters. The Morgan fingerprint density at radius 3 is 2.35 bits per heavy atom. The maximum Gasteiger partial charge on any atom is 0.254 e. The topological polar surface area (TPSA) is 42.0 Å². The highest BCUT2D eigenvalue weighted by atomic mass is 16.5. The maximum absolute atomic E-state index is 12.7. The summed E-state index contributed by atoms with van der Waals surface area (Å²) in [6, 6.07) is 13.3. The number of anilines is 1. The van der Waals surface area contributed by atoms with Crippen molar-refractivity contribution in [2.75, 3.05) is 39.8 Å². The standard InChI is InChI=1S/C21H26N2O3/c1-6-13-26-19-12-9-17(14-20(19)25-5)21(24)23(4)15-16-7-10-18(11-8-16)22(2)3/h6-12,14H,1,13,15H2,2-5H3. The van der Waals surface area contributed by atoms with E-state index in [1.165, 1.54) is 0 Å². The second kappa shape index (κ2) is 8.94. The normalized spacial score (nSPS) is 10.2. The first kappa shape index (κ1) is 19.4. The lowest BCUT2D eigenvalue weighted by molar-refractivity contribution is 0.0784. The molecule has 0 bridgehead atoms. The van der Waals surface area contributed by atoms with Crippen LogP contribution in [0.25, 0.3) is 0 Å². The summed E-state index contributed by atoms with van der Waals surface area (Å²) in [4.78, 5) is 16.4. The van der Waals surface area contributed by atoms with Gasteiger partial charge in [-0.1, -0.05) is 24.8 Å². The van der Waals surface area contributed by atoms with Crippen LogP contribution >= 0.6 is 0 Å². The molecule has 2 aromatic carbocycles. The van der Waals surface area contributed by atoms with Gasteiger partial charge < -0.3 is 19.3 Å². The number of benzene rings is 2. The molecule has 2 rings (SSSR count). The molecule has 0 aliphatic heterocycles. The molecule has 0 saturated heterocycles. The molecule has 138 valence electrons. The number of carbonyl (C=O) groups excluding carboxylic acids is 1. The van der Waals surface area contributed by atoms with Gasteiger partial charge in [-0.25, -0.2) is 0 Å². The van der Waals surface area contributed by atoms with E-state index in [4.69, 9.17) is 9.47 Å². The summed E-state index contributed by atoms with van der Waals surface area (Å²) in [5.41, 5.74) is 2.76. The van der Waals surface area contributed by atoms with E-state index >= 15 is 0 Å².